The van der Waals surface area contributed by atoms with Crippen molar-refractivity contribution < 1.29 is 19.5 Å². The van der Waals surface area contributed by atoms with Gasteiger partial charge in [0.1, 0.15) is 12.1 Å². The fourth-order valence-electron chi connectivity index (χ4n) is 5.58. The number of nitrogens with zero attached hydrogens (tertiary/aromatic N) is 3. The number of aromatic nitrogens is 1. The number of carbonyl (C=O) groups excluding carboxylic acids is 3. The normalized spacial score (nSPS) is 19.5. The number of fused-ring (bicyclic) bond motifs is 1. The Labute approximate surface area is 232 Å². The molecule has 9 heteroatoms. The van der Waals surface area contributed by atoms with Crippen LogP contribution in [0.15, 0.2) is 48.0 Å². The first-order valence-corrected chi connectivity index (χ1v) is 14.2. The maximum atomic E-state index is 13.9. The second-order valence-electron chi connectivity index (χ2n) is 10.9. The first-order chi connectivity index (χ1) is 18.6. The number of thiazole rings is 1. The summed E-state index contributed by atoms with van der Waals surface area (Å²) >= 11 is 1.59. The number of benzene rings is 2. The number of hydrogen-bond acceptors (Lipinski definition) is 6. The van der Waals surface area contributed by atoms with E-state index in [1.165, 1.54) is 4.90 Å². The summed E-state index contributed by atoms with van der Waals surface area (Å²) in [5.74, 6) is -0.947. The smallest absolute Gasteiger partial charge is 0.255 e. The highest BCUT2D eigenvalue weighted by molar-refractivity contribution is 7.13. The van der Waals surface area contributed by atoms with Crippen LogP contribution >= 0.6 is 11.3 Å². The highest BCUT2D eigenvalue weighted by atomic mass is 32.1. The molecule has 2 aliphatic rings. The van der Waals surface area contributed by atoms with Crippen LogP contribution in [0, 0.1) is 19.8 Å². The maximum absolute atomic E-state index is 13.9. The molecule has 2 aliphatic heterocycles. The van der Waals surface area contributed by atoms with E-state index in [2.05, 4.69) is 10.3 Å². The van der Waals surface area contributed by atoms with Crippen molar-refractivity contribution in [3.63, 3.8) is 0 Å². The third-order valence-electron chi connectivity index (χ3n) is 7.61. The van der Waals surface area contributed by atoms with Crippen LogP contribution < -0.4 is 5.32 Å². The molecule has 1 fully saturated rings. The molecule has 2 N–H and O–H groups in total. The van der Waals surface area contributed by atoms with Gasteiger partial charge < -0.3 is 20.2 Å². The Morgan fingerprint density at radius 3 is 2.56 bits per heavy atom. The quantitative estimate of drug-likeness (QED) is 0.471. The Balaban J connectivity index is 1.28. The molecular weight excluding hydrogens is 512 g/mol. The monoisotopic (exact) mass is 546 g/mol. The van der Waals surface area contributed by atoms with Crippen molar-refractivity contribution in [2.75, 3.05) is 6.54 Å². The first kappa shape index (κ1) is 27.0. The van der Waals surface area contributed by atoms with Crippen LogP contribution in [0.3, 0.4) is 0 Å². The summed E-state index contributed by atoms with van der Waals surface area (Å²) in [6, 6.07) is 12.2. The van der Waals surface area contributed by atoms with Crippen LogP contribution in [-0.4, -0.2) is 62.3 Å². The Morgan fingerprint density at radius 1 is 1.15 bits per heavy atom. The topological polar surface area (TPSA) is 103 Å². The molecule has 8 nitrogen and oxygen atoms in total. The van der Waals surface area contributed by atoms with Gasteiger partial charge in [0, 0.05) is 31.6 Å². The van der Waals surface area contributed by atoms with Crippen LogP contribution in [0.5, 0.6) is 0 Å². The lowest BCUT2D eigenvalue weighted by molar-refractivity contribution is -0.143. The summed E-state index contributed by atoms with van der Waals surface area (Å²) < 4.78 is 0. The third-order valence-corrected chi connectivity index (χ3v) is 8.59. The standard InChI is InChI=1S/C30H34N4O4S/c1-17(2)26(34-14-22-8-5-18(3)11-24(22)29(34)37)30(38)33-15-23(35)12-25(33)28(36)31-13-20-6-9-21(10-7-20)27-19(4)32-16-39-27/h5-11,16-17,23,25-26,35H,12-15H2,1-4H3,(H,31,36)/t23-,25+,26+/m1/s1. The SMILES string of the molecule is Cc1ccc2c(c1)C(=O)N([C@H](C(=O)N1C[C@H](O)C[C@H]1C(=O)NCc1ccc(-c3scnc3C)cc1)C(C)C)C2. The number of aliphatic hydroxyl groups excluding tert-OH is 1. The van der Waals surface area contributed by atoms with E-state index in [4.69, 9.17) is 0 Å². The molecule has 0 radical (unpaired) electrons. The number of β-amino-alcohol motifs (C(OH)–C–C–N with tert-alkyl or cyclic N) is 1. The summed E-state index contributed by atoms with van der Waals surface area (Å²) in [6.07, 6.45) is -0.632. The van der Waals surface area contributed by atoms with Gasteiger partial charge in [-0.05, 0) is 42.5 Å². The molecule has 0 saturated carbocycles. The zero-order chi connectivity index (χ0) is 27.8. The van der Waals surface area contributed by atoms with Gasteiger partial charge in [-0.2, -0.15) is 0 Å². The molecule has 5 rings (SSSR count). The molecule has 0 aliphatic carbocycles. The average Bonchev–Trinajstić information content (AvgIpc) is 3.60. The van der Waals surface area contributed by atoms with Gasteiger partial charge in [0.05, 0.1) is 22.2 Å². The van der Waals surface area contributed by atoms with E-state index < -0.39 is 18.2 Å². The minimum atomic E-state index is -0.798. The molecule has 0 unspecified atom stereocenters. The van der Waals surface area contributed by atoms with Crippen molar-refractivity contribution in [3.8, 4) is 10.4 Å². The molecule has 0 spiro atoms. The van der Waals surface area contributed by atoms with Gasteiger partial charge in [0.25, 0.3) is 5.91 Å². The molecule has 3 amide bonds. The fourth-order valence-corrected chi connectivity index (χ4v) is 6.39. The summed E-state index contributed by atoms with van der Waals surface area (Å²) in [5.41, 5.74) is 7.34. The molecule has 204 valence electrons. The van der Waals surface area contributed by atoms with Gasteiger partial charge in [-0.15, -0.1) is 11.3 Å². The van der Waals surface area contributed by atoms with E-state index in [0.717, 1.165) is 32.8 Å². The zero-order valence-corrected chi connectivity index (χ0v) is 23.5. The van der Waals surface area contributed by atoms with Crippen LogP contribution in [0.4, 0.5) is 0 Å². The number of hydrogen-bond donors (Lipinski definition) is 2. The summed E-state index contributed by atoms with van der Waals surface area (Å²) in [6.45, 7) is 8.46. The number of carbonyl (C=O) groups is 3. The number of rotatable bonds is 7. The van der Waals surface area contributed by atoms with Crippen molar-refractivity contribution >= 4 is 29.1 Å². The van der Waals surface area contributed by atoms with E-state index in [-0.39, 0.29) is 36.6 Å². The number of aliphatic hydroxyl groups is 1. The van der Waals surface area contributed by atoms with E-state index in [0.29, 0.717) is 18.7 Å². The Kier molecular flexibility index (Phi) is 7.55. The van der Waals surface area contributed by atoms with Crippen molar-refractivity contribution in [2.24, 2.45) is 5.92 Å². The first-order valence-electron chi connectivity index (χ1n) is 13.3. The average molecular weight is 547 g/mol. The van der Waals surface area contributed by atoms with Crippen molar-refractivity contribution in [3.05, 3.63) is 75.9 Å². The van der Waals surface area contributed by atoms with Gasteiger partial charge in [-0.3, -0.25) is 14.4 Å². The van der Waals surface area contributed by atoms with E-state index in [1.54, 1.807) is 16.2 Å². The Bertz CT molecular complexity index is 1400. The molecule has 3 aromatic rings. The highest BCUT2D eigenvalue weighted by Gasteiger charge is 2.45. The van der Waals surface area contributed by atoms with Gasteiger partial charge in [-0.1, -0.05) is 55.8 Å². The predicted octanol–water partition coefficient (Wildman–Crippen LogP) is 3.69. The van der Waals surface area contributed by atoms with Crippen LogP contribution in [0.25, 0.3) is 10.4 Å². The van der Waals surface area contributed by atoms with E-state index >= 15 is 0 Å². The van der Waals surface area contributed by atoms with Crippen LogP contribution in [-0.2, 0) is 22.7 Å². The molecule has 1 aromatic heterocycles. The number of likely N-dealkylation sites (tertiary alicyclic amines) is 1. The number of aryl methyl sites for hydroxylation is 2. The van der Waals surface area contributed by atoms with Gasteiger partial charge in [-0.25, -0.2) is 4.98 Å². The second kappa shape index (κ2) is 10.9. The third kappa shape index (κ3) is 5.33. The second-order valence-corrected chi connectivity index (χ2v) is 11.7. The molecular formula is C30H34N4O4S. The summed E-state index contributed by atoms with van der Waals surface area (Å²) in [4.78, 5) is 48.9. The molecule has 3 heterocycles. The van der Waals surface area contributed by atoms with Crippen molar-refractivity contribution in [1.29, 1.82) is 0 Å². The Hall–Kier alpha value is -3.56. The highest BCUT2D eigenvalue weighted by Crippen LogP contribution is 2.31. The van der Waals surface area contributed by atoms with Crippen molar-refractivity contribution in [2.45, 2.75) is 65.4 Å². The van der Waals surface area contributed by atoms with E-state index in [1.807, 2.05) is 75.7 Å². The lowest BCUT2D eigenvalue weighted by atomic mass is 10.0. The number of nitrogens with one attached hydrogen (secondary N) is 1. The van der Waals surface area contributed by atoms with Crippen molar-refractivity contribution in [1.82, 2.24) is 20.1 Å². The molecule has 0 bridgehead atoms. The summed E-state index contributed by atoms with van der Waals surface area (Å²) in [7, 11) is 0. The van der Waals surface area contributed by atoms with Crippen LogP contribution in [0.1, 0.15) is 53.0 Å². The lowest BCUT2D eigenvalue weighted by Crippen LogP contribution is -2.55. The predicted molar refractivity (Wildman–Crippen MR) is 150 cm³/mol. The molecule has 3 atom stereocenters. The molecule has 2 aromatic carbocycles. The molecule has 1 saturated heterocycles. The van der Waals surface area contributed by atoms with Gasteiger partial charge in [0.2, 0.25) is 11.8 Å². The largest absolute Gasteiger partial charge is 0.391 e. The number of amides is 3. The zero-order valence-electron chi connectivity index (χ0n) is 22.7. The van der Waals surface area contributed by atoms with E-state index in [9.17, 15) is 19.5 Å². The summed E-state index contributed by atoms with van der Waals surface area (Å²) in [5, 5.41) is 13.4. The lowest BCUT2D eigenvalue weighted by Gasteiger charge is -2.35. The minimum absolute atomic E-state index is 0.0666. The van der Waals surface area contributed by atoms with Crippen LogP contribution in [0.2, 0.25) is 0 Å². The van der Waals surface area contributed by atoms with Gasteiger partial charge in [0.15, 0.2) is 0 Å². The molecule has 39 heavy (non-hydrogen) atoms. The van der Waals surface area contributed by atoms with Gasteiger partial charge >= 0.3 is 0 Å². The fraction of sp³-hybridized carbons (Fsp3) is 0.400. The maximum Gasteiger partial charge on any atom is 0.255 e. The minimum Gasteiger partial charge on any atom is -0.391 e. The Morgan fingerprint density at radius 2 is 1.90 bits per heavy atom.